The molecule has 0 aliphatic carbocycles. The number of hydrogen-bond acceptors (Lipinski definition) is 8. The Labute approximate surface area is 119 Å². The highest BCUT2D eigenvalue weighted by Crippen LogP contribution is 2.48. The lowest BCUT2D eigenvalue weighted by Gasteiger charge is -2.34. The number of aromatic nitrogens is 2. The van der Waals surface area contributed by atoms with Gasteiger partial charge in [0, 0.05) is 11.8 Å². The van der Waals surface area contributed by atoms with Crippen molar-refractivity contribution in [3.8, 4) is 0 Å². The van der Waals surface area contributed by atoms with Crippen molar-refractivity contribution in [3.63, 3.8) is 0 Å². The van der Waals surface area contributed by atoms with Gasteiger partial charge in [0.25, 0.3) is 0 Å². The SMILES string of the molecule is Cc1cn(C2OC3(CN=O)C(C)OC2[C@H]3O)c(=O)nc1N. The predicted octanol–water partition coefficient (Wildman–Crippen LogP) is -0.684. The third-order valence-electron chi connectivity index (χ3n) is 4.24. The van der Waals surface area contributed by atoms with E-state index in [9.17, 15) is 14.8 Å². The maximum atomic E-state index is 12.0. The Balaban J connectivity index is 2.02. The molecule has 0 radical (unpaired) electrons. The average molecular weight is 296 g/mol. The van der Waals surface area contributed by atoms with E-state index in [0.717, 1.165) is 0 Å². The monoisotopic (exact) mass is 296 g/mol. The van der Waals surface area contributed by atoms with Crippen molar-refractivity contribution in [1.82, 2.24) is 9.55 Å². The molecule has 0 spiro atoms. The van der Waals surface area contributed by atoms with Crippen LogP contribution >= 0.6 is 0 Å². The fraction of sp³-hybridized carbons (Fsp3) is 0.667. The van der Waals surface area contributed by atoms with E-state index in [2.05, 4.69) is 10.2 Å². The first kappa shape index (κ1) is 14.1. The number of anilines is 1. The van der Waals surface area contributed by atoms with Crippen LogP contribution in [0.5, 0.6) is 0 Å². The molecule has 3 heterocycles. The minimum absolute atomic E-state index is 0.138. The number of aliphatic hydroxyl groups excluding tert-OH is 1. The molecular formula is C12H16N4O5. The highest BCUT2D eigenvalue weighted by Gasteiger charge is 2.66. The maximum Gasteiger partial charge on any atom is 0.351 e. The molecule has 9 nitrogen and oxygen atoms in total. The first-order chi connectivity index (χ1) is 9.90. The summed E-state index contributed by atoms with van der Waals surface area (Å²) in [7, 11) is 0. The van der Waals surface area contributed by atoms with Gasteiger partial charge in [0.05, 0.1) is 6.10 Å². The van der Waals surface area contributed by atoms with Crippen molar-refractivity contribution in [2.75, 3.05) is 12.3 Å². The number of nitrogen functional groups attached to an aromatic ring is 1. The fourth-order valence-electron chi connectivity index (χ4n) is 2.96. The maximum absolute atomic E-state index is 12.0. The molecule has 0 amide bonds. The molecule has 4 unspecified atom stereocenters. The second-order valence-electron chi connectivity index (χ2n) is 5.44. The van der Waals surface area contributed by atoms with E-state index in [1.807, 2.05) is 0 Å². The molecule has 3 rings (SSSR count). The summed E-state index contributed by atoms with van der Waals surface area (Å²) in [4.78, 5) is 26.3. The molecule has 2 bridgehead atoms. The van der Waals surface area contributed by atoms with E-state index in [0.29, 0.717) is 5.56 Å². The van der Waals surface area contributed by atoms with Crippen LogP contribution in [0.3, 0.4) is 0 Å². The summed E-state index contributed by atoms with van der Waals surface area (Å²) in [5.74, 6) is 0.138. The van der Waals surface area contributed by atoms with Gasteiger partial charge in [0.2, 0.25) is 0 Å². The van der Waals surface area contributed by atoms with Crippen molar-refractivity contribution in [1.29, 1.82) is 0 Å². The van der Waals surface area contributed by atoms with Crippen molar-refractivity contribution < 1.29 is 14.6 Å². The third kappa shape index (κ3) is 1.81. The van der Waals surface area contributed by atoms with Crippen LogP contribution in [-0.2, 0) is 9.47 Å². The second-order valence-corrected chi connectivity index (χ2v) is 5.44. The van der Waals surface area contributed by atoms with Gasteiger partial charge in [0.15, 0.2) is 6.23 Å². The van der Waals surface area contributed by atoms with E-state index in [1.54, 1.807) is 13.8 Å². The van der Waals surface area contributed by atoms with Gasteiger partial charge < -0.3 is 20.3 Å². The Bertz CT molecular complexity index is 647. The summed E-state index contributed by atoms with van der Waals surface area (Å²) >= 11 is 0. The van der Waals surface area contributed by atoms with E-state index >= 15 is 0 Å². The number of nitrogens with zero attached hydrogens (tertiary/aromatic N) is 3. The number of aliphatic hydroxyl groups is 1. The average Bonchev–Trinajstić information content (AvgIpc) is 2.82. The van der Waals surface area contributed by atoms with Gasteiger partial charge in [-0.15, -0.1) is 0 Å². The van der Waals surface area contributed by atoms with Crippen molar-refractivity contribution in [2.24, 2.45) is 5.18 Å². The van der Waals surface area contributed by atoms with Crippen LogP contribution in [0, 0.1) is 11.8 Å². The van der Waals surface area contributed by atoms with Gasteiger partial charge in [-0.1, -0.05) is 5.18 Å². The third-order valence-corrected chi connectivity index (χ3v) is 4.24. The molecule has 0 saturated carbocycles. The minimum atomic E-state index is -1.23. The lowest BCUT2D eigenvalue weighted by Crippen LogP contribution is -2.49. The molecule has 21 heavy (non-hydrogen) atoms. The van der Waals surface area contributed by atoms with Crippen LogP contribution in [-0.4, -0.2) is 45.1 Å². The van der Waals surface area contributed by atoms with Crippen LogP contribution in [0.15, 0.2) is 16.2 Å². The van der Waals surface area contributed by atoms with Crippen LogP contribution in [0.4, 0.5) is 5.82 Å². The molecular weight excluding hydrogens is 280 g/mol. The first-order valence-corrected chi connectivity index (χ1v) is 6.56. The van der Waals surface area contributed by atoms with Crippen LogP contribution in [0.2, 0.25) is 0 Å². The molecule has 114 valence electrons. The Hall–Kier alpha value is -1.84. The smallest absolute Gasteiger partial charge is 0.351 e. The summed E-state index contributed by atoms with van der Waals surface area (Å²) in [6.45, 7) is 3.15. The topological polar surface area (TPSA) is 129 Å². The lowest BCUT2D eigenvalue weighted by molar-refractivity contribution is -0.203. The number of rotatable bonds is 3. The number of nitroso groups, excluding NO2 is 1. The standard InChI is InChI=1S/C12H16N4O5/c1-5-3-16(11(18)15-9(5)13)10-7-8(17)12(21-10,4-14-19)6(2)20-7/h3,6-8,10,17H,4H2,1-2H3,(H2,13,15,18)/t6?,7?,8-,10?,12?/m1/s1. The second kappa shape index (κ2) is 4.58. The van der Waals surface area contributed by atoms with E-state index in [-0.39, 0.29) is 12.4 Å². The number of hydrogen-bond donors (Lipinski definition) is 2. The Morgan fingerprint density at radius 2 is 2.33 bits per heavy atom. The van der Waals surface area contributed by atoms with Gasteiger partial charge >= 0.3 is 5.69 Å². The van der Waals surface area contributed by atoms with Gasteiger partial charge in [-0.2, -0.15) is 9.89 Å². The Kier molecular flexibility index (Phi) is 3.08. The van der Waals surface area contributed by atoms with E-state index in [4.69, 9.17) is 15.2 Å². The number of aryl methyl sites for hydroxylation is 1. The predicted molar refractivity (Wildman–Crippen MR) is 71.5 cm³/mol. The zero-order valence-corrected chi connectivity index (χ0v) is 11.6. The van der Waals surface area contributed by atoms with E-state index in [1.165, 1.54) is 10.8 Å². The van der Waals surface area contributed by atoms with Crippen molar-refractivity contribution in [3.05, 3.63) is 27.2 Å². The highest BCUT2D eigenvalue weighted by atomic mass is 16.7. The summed E-state index contributed by atoms with van der Waals surface area (Å²) < 4.78 is 12.6. The van der Waals surface area contributed by atoms with Crippen LogP contribution in [0.1, 0.15) is 18.7 Å². The quantitative estimate of drug-likeness (QED) is 0.706. The van der Waals surface area contributed by atoms with Gasteiger partial charge in [0.1, 0.15) is 30.2 Å². The molecule has 9 heteroatoms. The zero-order valence-electron chi connectivity index (χ0n) is 11.6. The summed E-state index contributed by atoms with van der Waals surface area (Å²) in [6.07, 6.45) is -1.66. The largest absolute Gasteiger partial charge is 0.387 e. The molecule has 2 aliphatic rings. The summed E-state index contributed by atoms with van der Waals surface area (Å²) in [5.41, 5.74) is 4.35. The van der Waals surface area contributed by atoms with Crippen LogP contribution in [0.25, 0.3) is 0 Å². The highest BCUT2D eigenvalue weighted by molar-refractivity contribution is 5.35. The number of nitrogens with two attached hydrogens (primary N) is 1. The molecule has 2 aliphatic heterocycles. The minimum Gasteiger partial charge on any atom is -0.387 e. The number of ether oxygens (including phenoxy) is 2. The summed E-state index contributed by atoms with van der Waals surface area (Å²) in [6, 6.07) is 0. The molecule has 5 atom stereocenters. The zero-order chi connectivity index (χ0) is 15.4. The van der Waals surface area contributed by atoms with Gasteiger partial charge in [-0.3, -0.25) is 4.57 Å². The fourth-order valence-corrected chi connectivity index (χ4v) is 2.96. The van der Waals surface area contributed by atoms with Gasteiger partial charge in [-0.25, -0.2) is 4.79 Å². The Morgan fingerprint density at radius 1 is 1.62 bits per heavy atom. The lowest BCUT2D eigenvalue weighted by atomic mass is 9.94. The molecule has 1 aromatic rings. The normalized spacial score (nSPS) is 37.9. The molecule has 2 saturated heterocycles. The number of fused-ring (bicyclic) bond motifs is 2. The van der Waals surface area contributed by atoms with Crippen LogP contribution < -0.4 is 11.4 Å². The Morgan fingerprint density at radius 3 is 3.00 bits per heavy atom. The van der Waals surface area contributed by atoms with Crippen molar-refractivity contribution in [2.45, 2.75) is 44.0 Å². The first-order valence-electron chi connectivity index (χ1n) is 6.56. The molecule has 0 aromatic carbocycles. The van der Waals surface area contributed by atoms with E-state index < -0.39 is 35.8 Å². The van der Waals surface area contributed by atoms with Crippen molar-refractivity contribution >= 4 is 5.82 Å². The summed E-state index contributed by atoms with van der Waals surface area (Å²) in [5, 5.41) is 13.2. The molecule has 3 N–H and O–H groups in total. The molecule has 2 fully saturated rings. The molecule has 1 aromatic heterocycles. The van der Waals surface area contributed by atoms with Gasteiger partial charge in [-0.05, 0) is 13.8 Å².